The Hall–Kier alpha value is -3.33. The smallest absolute Gasteiger partial charge is 0.363 e. The Kier molecular flexibility index (Phi) is 10.0. The van der Waals surface area contributed by atoms with Gasteiger partial charge in [0.15, 0.2) is 0 Å². The molecule has 3 aliphatic rings. The van der Waals surface area contributed by atoms with E-state index in [9.17, 15) is 71.0 Å². The van der Waals surface area contributed by atoms with Crippen molar-refractivity contribution < 1.29 is 71.0 Å². The maximum atomic E-state index is 14.2. The van der Waals surface area contributed by atoms with Crippen LogP contribution in [-0.2, 0) is 17.1 Å². The summed E-state index contributed by atoms with van der Waals surface area (Å²) in [4.78, 5) is 28.7. The number of carbonyl (C=O) groups excluding carboxylic acids is 2. The van der Waals surface area contributed by atoms with Gasteiger partial charge in [-0.1, -0.05) is 13.0 Å². The van der Waals surface area contributed by atoms with Crippen LogP contribution in [0.15, 0.2) is 42.3 Å². The zero-order valence-corrected chi connectivity index (χ0v) is 26.6. The Labute approximate surface area is 275 Å². The van der Waals surface area contributed by atoms with Crippen molar-refractivity contribution in [3.63, 3.8) is 0 Å². The third kappa shape index (κ3) is 6.89. The summed E-state index contributed by atoms with van der Waals surface area (Å²) >= 11 is 0. The van der Waals surface area contributed by atoms with Crippen LogP contribution in [0.3, 0.4) is 0 Å². The second-order valence-electron chi connectivity index (χ2n) is 12.7. The Morgan fingerprint density at radius 1 is 0.918 bits per heavy atom. The van der Waals surface area contributed by atoms with E-state index in [1.165, 1.54) is 18.7 Å². The minimum atomic E-state index is -5.25. The zero-order valence-electron chi connectivity index (χ0n) is 26.6. The number of urea groups is 1. The molecular formula is C30H37F7N4O8. The van der Waals surface area contributed by atoms with E-state index >= 15 is 0 Å². The molecule has 0 saturated carbocycles. The number of piperazine rings is 1. The lowest BCUT2D eigenvalue weighted by Gasteiger charge is -2.63. The van der Waals surface area contributed by atoms with Gasteiger partial charge in [-0.2, -0.15) is 26.3 Å². The van der Waals surface area contributed by atoms with E-state index in [0.29, 0.717) is 17.0 Å². The first kappa shape index (κ1) is 38.5. The Balaban J connectivity index is 1.84. The fourth-order valence-corrected chi connectivity index (χ4v) is 6.70. The van der Waals surface area contributed by atoms with Crippen LogP contribution >= 0.6 is 0 Å². The molecule has 1 aromatic rings. The monoisotopic (exact) mass is 714 g/mol. The van der Waals surface area contributed by atoms with Crippen molar-refractivity contribution in [2.24, 2.45) is 11.8 Å². The molecule has 1 aromatic carbocycles. The van der Waals surface area contributed by atoms with Gasteiger partial charge in [-0.05, 0) is 48.8 Å². The summed E-state index contributed by atoms with van der Waals surface area (Å²) in [6, 6.07) is -7.59. The first-order valence-corrected chi connectivity index (χ1v) is 15.0. The van der Waals surface area contributed by atoms with E-state index in [2.05, 4.69) is 0 Å². The van der Waals surface area contributed by atoms with Crippen molar-refractivity contribution >= 4 is 11.9 Å². The highest BCUT2D eigenvalue weighted by Crippen LogP contribution is 2.48. The first-order chi connectivity index (χ1) is 22.2. The minimum absolute atomic E-state index is 0.0694. The number of halogens is 7. The van der Waals surface area contributed by atoms with Crippen LogP contribution in [0.25, 0.3) is 0 Å². The van der Waals surface area contributed by atoms with E-state index in [-0.39, 0.29) is 43.1 Å². The molecule has 4 rings (SSSR count). The summed E-state index contributed by atoms with van der Waals surface area (Å²) in [7, 11) is 0.841. The number of piperidine rings is 1. The molecule has 5 atom stereocenters. The number of nitrogens with zero attached hydrogens (tertiary/aromatic N) is 4. The van der Waals surface area contributed by atoms with Crippen LogP contribution in [-0.4, -0.2) is 125 Å². The van der Waals surface area contributed by atoms with Gasteiger partial charge in [0.1, 0.15) is 17.9 Å². The standard InChI is InChI=1S/C30H37F7N4O8/c1-15-11-21(31)5-6-22(15)23-26(44,45)24(40-9-7-39(8-10-40)17(3)42)27(46,47)30(48,49)41(23)25(43)38(4)16(2)18-12-19(28(32,33)34)14-20(13-18)29(35,36)37/h5-6,11-16,22-24,44-49H,7-10H2,1-4H3. The van der Waals surface area contributed by atoms with Gasteiger partial charge in [0.25, 0.3) is 5.79 Å². The fourth-order valence-electron chi connectivity index (χ4n) is 6.70. The van der Waals surface area contributed by atoms with Gasteiger partial charge in [0.05, 0.1) is 17.2 Å². The van der Waals surface area contributed by atoms with E-state index in [1.54, 1.807) is 0 Å². The summed E-state index contributed by atoms with van der Waals surface area (Å²) in [6.07, 6.45) is -7.58. The summed E-state index contributed by atoms with van der Waals surface area (Å²) in [6.45, 7) is 2.96. The summed E-state index contributed by atoms with van der Waals surface area (Å²) in [5, 5.41) is 69.2. The van der Waals surface area contributed by atoms with Gasteiger partial charge >= 0.3 is 24.3 Å². The van der Waals surface area contributed by atoms with Crippen LogP contribution in [0.4, 0.5) is 35.5 Å². The zero-order chi connectivity index (χ0) is 37.2. The number of amides is 3. The first-order valence-electron chi connectivity index (χ1n) is 15.0. The summed E-state index contributed by atoms with van der Waals surface area (Å²) in [5.41, 5.74) is -4.14. The molecule has 274 valence electrons. The quantitative estimate of drug-likeness (QED) is 0.201. The van der Waals surface area contributed by atoms with Crippen LogP contribution < -0.4 is 0 Å². The number of carbonyl (C=O) groups is 2. The molecule has 19 heteroatoms. The largest absolute Gasteiger partial charge is 0.416 e. The molecule has 2 saturated heterocycles. The summed E-state index contributed by atoms with van der Waals surface area (Å²) in [5.74, 6) is -15.3. The molecule has 1 aliphatic carbocycles. The lowest BCUT2D eigenvalue weighted by molar-refractivity contribution is -0.483. The molecule has 0 aromatic heterocycles. The van der Waals surface area contributed by atoms with Gasteiger partial charge in [-0.25, -0.2) is 9.18 Å². The Morgan fingerprint density at radius 3 is 1.88 bits per heavy atom. The number of likely N-dealkylation sites (tertiary alicyclic amines) is 1. The van der Waals surface area contributed by atoms with Crippen molar-refractivity contribution in [3.8, 4) is 0 Å². The molecular weight excluding hydrogens is 677 g/mol. The van der Waals surface area contributed by atoms with E-state index < -0.39 is 88.3 Å². The van der Waals surface area contributed by atoms with Crippen LogP contribution in [0, 0.1) is 11.8 Å². The number of aliphatic hydroxyl groups is 6. The molecule has 2 fully saturated rings. The topological polar surface area (TPSA) is 168 Å². The van der Waals surface area contributed by atoms with Crippen molar-refractivity contribution in [2.45, 2.75) is 68.7 Å². The van der Waals surface area contributed by atoms with Crippen LogP contribution in [0.1, 0.15) is 43.5 Å². The van der Waals surface area contributed by atoms with Crippen molar-refractivity contribution in [3.05, 3.63) is 58.9 Å². The van der Waals surface area contributed by atoms with Crippen molar-refractivity contribution in [1.82, 2.24) is 19.6 Å². The van der Waals surface area contributed by atoms with Gasteiger partial charge in [0.2, 0.25) is 11.7 Å². The summed E-state index contributed by atoms with van der Waals surface area (Å²) < 4.78 is 95.8. The van der Waals surface area contributed by atoms with E-state index in [0.717, 1.165) is 37.1 Å². The second-order valence-corrected chi connectivity index (χ2v) is 12.7. The van der Waals surface area contributed by atoms with E-state index in [4.69, 9.17) is 0 Å². The molecule has 2 aliphatic heterocycles. The highest BCUT2D eigenvalue weighted by Gasteiger charge is 2.75. The van der Waals surface area contributed by atoms with Gasteiger partial charge in [-0.3, -0.25) is 14.6 Å². The predicted molar refractivity (Wildman–Crippen MR) is 154 cm³/mol. The van der Waals surface area contributed by atoms with Crippen LogP contribution in [0.2, 0.25) is 0 Å². The normalized spacial score (nSPS) is 27.8. The molecule has 2 heterocycles. The molecule has 0 bridgehead atoms. The van der Waals surface area contributed by atoms with Crippen molar-refractivity contribution in [2.75, 3.05) is 33.2 Å². The molecule has 12 nitrogen and oxygen atoms in total. The third-order valence-electron chi connectivity index (χ3n) is 9.50. The maximum absolute atomic E-state index is 14.2. The highest BCUT2D eigenvalue weighted by molar-refractivity contribution is 5.76. The number of alkyl halides is 6. The van der Waals surface area contributed by atoms with E-state index in [1.807, 2.05) is 0 Å². The Morgan fingerprint density at radius 2 is 1.43 bits per heavy atom. The SMILES string of the molecule is CC(=O)N1CCN(C2C(O)(O)C(C3C=CC(F)=CC3C)N(C(=O)N(C)C(C)c3cc(C(F)(F)F)cc(C(F)(F)F)c3)C(O)(O)C2(O)O)CC1. The molecule has 3 amide bonds. The minimum Gasteiger partial charge on any atom is -0.363 e. The number of hydrogen-bond acceptors (Lipinski definition) is 9. The number of benzene rings is 1. The van der Waals surface area contributed by atoms with Gasteiger partial charge in [0, 0.05) is 46.1 Å². The average molecular weight is 715 g/mol. The van der Waals surface area contributed by atoms with Crippen molar-refractivity contribution in [1.29, 1.82) is 0 Å². The maximum Gasteiger partial charge on any atom is 0.416 e. The fraction of sp³-hybridized carbons (Fsp3) is 0.600. The Bertz CT molecular complexity index is 1470. The molecule has 0 spiro atoms. The lowest BCUT2D eigenvalue weighted by atomic mass is 9.71. The van der Waals surface area contributed by atoms with Crippen LogP contribution in [0.5, 0.6) is 0 Å². The number of allylic oxidation sites excluding steroid dienone is 3. The third-order valence-corrected chi connectivity index (χ3v) is 9.50. The average Bonchev–Trinajstić information content (AvgIpc) is 2.97. The number of rotatable bonds is 4. The predicted octanol–water partition coefficient (Wildman–Crippen LogP) is 1.73. The molecule has 0 radical (unpaired) electrons. The molecule has 5 unspecified atom stereocenters. The molecule has 49 heavy (non-hydrogen) atoms. The lowest BCUT2D eigenvalue weighted by Crippen LogP contribution is -2.88. The van der Waals surface area contributed by atoms with Gasteiger partial charge < -0.3 is 40.4 Å². The number of hydrogen-bond donors (Lipinski definition) is 6. The second kappa shape index (κ2) is 12.8. The highest BCUT2D eigenvalue weighted by atomic mass is 19.4. The van der Waals surface area contributed by atoms with Gasteiger partial charge in [-0.15, -0.1) is 0 Å². The molecule has 6 N–H and O–H groups in total.